The van der Waals surface area contributed by atoms with E-state index in [9.17, 15) is 22.4 Å². The smallest absolute Gasteiger partial charge is 0.241 e. The molecule has 0 aromatic heterocycles. The summed E-state index contributed by atoms with van der Waals surface area (Å²) in [4.78, 5) is 26.3. The van der Waals surface area contributed by atoms with Crippen LogP contribution in [-0.2, 0) is 32.6 Å². The molecule has 3 rings (SSSR count). The van der Waals surface area contributed by atoms with Crippen LogP contribution < -0.4 is 14.9 Å². The molecule has 2 amide bonds. The molecule has 0 saturated carbocycles. The quantitative estimate of drug-likeness (QED) is 0.663. The van der Waals surface area contributed by atoms with Gasteiger partial charge in [-0.15, -0.1) is 0 Å². The van der Waals surface area contributed by atoms with E-state index in [0.29, 0.717) is 17.7 Å². The molecule has 2 atom stereocenters. The van der Waals surface area contributed by atoms with Crippen molar-refractivity contribution in [2.24, 2.45) is 5.92 Å². The van der Waals surface area contributed by atoms with Crippen LogP contribution >= 0.6 is 0 Å². The predicted octanol–water partition coefficient (Wildman–Crippen LogP) is 2.74. The van der Waals surface area contributed by atoms with Gasteiger partial charge in [0.15, 0.2) is 0 Å². The van der Waals surface area contributed by atoms with Gasteiger partial charge in [0.2, 0.25) is 21.8 Å². The molecule has 2 N–H and O–H groups in total. The summed E-state index contributed by atoms with van der Waals surface area (Å²) in [7, 11) is -3.98. The van der Waals surface area contributed by atoms with Crippen molar-refractivity contribution in [2.45, 2.75) is 57.6 Å². The van der Waals surface area contributed by atoms with Crippen molar-refractivity contribution >= 4 is 27.5 Å². The highest BCUT2D eigenvalue weighted by Crippen LogP contribution is 2.34. The minimum absolute atomic E-state index is 0.0471. The fourth-order valence-corrected chi connectivity index (χ4v) is 5.28. The summed E-state index contributed by atoms with van der Waals surface area (Å²) in [5.74, 6) is -1.24. The number of rotatable bonds is 7. The Hall–Kier alpha value is -2.78. The number of fused-ring (bicyclic) bond motifs is 1. The summed E-state index contributed by atoms with van der Waals surface area (Å²) in [6.07, 6.45) is 0.560. The average molecular weight is 462 g/mol. The van der Waals surface area contributed by atoms with E-state index in [1.54, 1.807) is 43.0 Å². The van der Waals surface area contributed by atoms with E-state index in [4.69, 9.17) is 0 Å². The Labute approximate surface area is 188 Å². The van der Waals surface area contributed by atoms with Gasteiger partial charge in [-0.3, -0.25) is 9.59 Å². The maximum atomic E-state index is 13.0. The number of nitrogens with one attached hydrogen (secondary N) is 2. The first-order valence-electron chi connectivity index (χ1n) is 10.5. The molecule has 9 heteroatoms. The van der Waals surface area contributed by atoms with Crippen LogP contribution in [0.2, 0.25) is 0 Å². The summed E-state index contributed by atoms with van der Waals surface area (Å²) in [5.41, 5.74) is 2.19. The molecule has 1 heterocycles. The number of nitrogens with zero attached hydrogens (tertiary/aromatic N) is 1. The molecular formula is C23H28FN3O4S. The number of benzene rings is 2. The van der Waals surface area contributed by atoms with Gasteiger partial charge in [-0.05, 0) is 60.7 Å². The molecule has 0 saturated heterocycles. The second kappa shape index (κ2) is 9.38. The molecule has 0 aliphatic carbocycles. The van der Waals surface area contributed by atoms with Gasteiger partial charge in [-0.2, -0.15) is 4.72 Å². The highest BCUT2D eigenvalue weighted by Gasteiger charge is 2.32. The Morgan fingerprint density at radius 3 is 2.41 bits per heavy atom. The molecule has 2 aromatic rings. The molecule has 0 radical (unpaired) electrons. The van der Waals surface area contributed by atoms with Crippen LogP contribution in [-0.4, -0.2) is 32.3 Å². The molecule has 1 aliphatic heterocycles. The monoisotopic (exact) mass is 461 g/mol. The molecule has 0 fully saturated rings. The molecule has 32 heavy (non-hydrogen) atoms. The lowest BCUT2D eigenvalue weighted by Gasteiger charge is -2.22. The molecule has 1 aliphatic rings. The largest absolute Gasteiger partial charge is 0.351 e. The third-order valence-electron chi connectivity index (χ3n) is 5.53. The fraction of sp³-hybridized carbons (Fsp3) is 0.391. The number of hydrogen-bond acceptors (Lipinski definition) is 4. The van der Waals surface area contributed by atoms with E-state index in [2.05, 4.69) is 10.0 Å². The van der Waals surface area contributed by atoms with Gasteiger partial charge in [-0.1, -0.05) is 26.0 Å². The second-order valence-corrected chi connectivity index (χ2v) is 10.1. The molecule has 0 unspecified atom stereocenters. The van der Waals surface area contributed by atoms with E-state index in [-0.39, 0.29) is 35.1 Å². The van der Waals surface area contributed by atoms with E-state index >= 15 is 0 Å². The van der Waals surface area contributed by atoms with Crippen LogP contribution in [0.15, 0.2) is 47.4 Å². The Kier molecular flexibility index (Phi) is 7.00. The Morgan fingerprint density at radius 1 is 1.16 bits per heavy atom. The normalized spacial score (nSPS) is 16.7. The second-order valence-electron chi connectivity index (χ2n) is 8.42. The summed E-state index contributed by atoms with van der Waals surface area (Å²) in [6, 6.07) is 9.32. The molecule has 0 bridgehead atoms. The fourth-order valence-electron chi connectivity index (χ4n) is 3.88. The summed E-state index contributed by atoms with van der Waals surface area (Å²) in [6.45, 7) is 7.05. The lowest BCUT2D eigenvalue weighted by molar-refractivity contribution is -0.123. The third-order valence-corrected chi connectivity index (χ3v) is 6.97. The van der Waals surface area contributed by atoms with Gasteiger partial charge in [-0.25, -0.2) is 12.8 Å². The Balaban J connectivity index is 1.75. The minimum atomic E-state index is -3.98. The number of carbonyl (C=O) groups is 2. The van der Waals surface area contributed by atoms with Crippen molar-refractivity contribution in [3.05, 3.63) is 59.4 Å². The lowest BCUT2D eigenvalue weighted by atomic mass is 10.0. The van der Waals surface area contributed by atoms with Gasteiger partial charge in [0.1, 0.15) is 11.9 Å². The Morgan fingerprint density at radius 2 is 1.81 bits per heavy atom. The van der Waals surface area contributed by atoms with Crippen molar-refractivity contribution in [1.82, 2.24) is 10.0 Å². The number of hydrogen-bond donors (Lipinski definition) is 2. The van der Waals surface area contributed by atoms with Crippen molar-refractivity contribution in [1.29, 1.82) is 0 Å². The van der Waals surface area contributed by atoms with Crippen LogP contribution in [0.25, 0.3) is 0 Å². The van der Waals surface area contributed by atoms with Crippen LogP contribution in [0.1, 0.15) is 38.8 Å². The van der Waals surface area contributed by atoms with Crippen LogP contribution in [0.5, 0.6) is 0 Å². The number of sulfonamides is 1. The van der Waals surface area contributed by atoms with Gasteiger partial charge in [0.25, 0.3) is 0 Å². The van der Waals surface area contributed by atoms with Crippen molar-refractivity contribution in [3.8, 4) is 0 Å². The van der Waals surface area contributed by atoms with E-state index < -0.39 is 22.0 Å². The molecular weight excluding hydrogens is 433 g/mol. The van der Waals surface area contributed by atoms with Crippen molar-refractivity contribution in [2.75, 3.05) is 4.90 Å². The first-order valence-corrected chi connectivity index (χ1v) is 11.9. The Bertz CT molecular complexity index is 1120. The highest BCUT2D eigenvalue weighted by atomic mass is 32.2. The first kappa shape index (κ1) is 23.9. The van der Waals surface area contributed by atoms with Crippen molar-refractivity contribution in [3.63, 3.8) is 0 Å². The van der Waals surface area contributed by atoms with E-state index in [1.807, 2.05) is 6.92 Å². The number of halogens is 1. The van der Waals surface area contributed by atoms with Gasteiger partial charge < -0.3 is 10.2 Å². The van der Waals surface area contributed by atoms with Gasteiger partial charge in [0.05, 0.1) is 4.90 Å². The van der Waals surface area contributed by atoms with Gasteiger partial charge in [0, 0.05) is 25.2 Å². The first-order chi connectivity index (χ1) is 15.0. The maximum Gasteiger partial charge on any atom is 0.241 e. The van der Waals surface area contributed by atoms with E-state index in [0.717, 1.165) is 5.56 Å². The van der Waals surface area contributed by atoms with Crippen LogP contribution in [0.4, 0.5) is 10.1 Å². The van der Waals surface area contributed by atoms with E-state index in [1.165, 1.54) is 25.1 Å². The zero-order valence-corrected chi connectivity index (χ0v) is 19.4. The van der Waals surface area contributed by atoms with Crippen molar-refractivity contribution < 1.29 is 22.4 Å². The average Bonchev–Trinajstić information content (AvgIpc) is 3.06. The zero-order valence-electron chi connectivity index (χ0n) is 18.6. The number of carbonyl (C=O) groups excluding carboxylic acids is 2. The van der Waals surface area contributed by atoms with Crippen LogP contribution in [0, 0.1) is 11.7 Å². The third kappa shape index (κ3) is 5.16. The predicted molar refractivity (Wildman–Crippen MR) is 120 cm³/mol. The number of amides is 2. The summed E-state index contributed by atoms with van der Waals surface area (Å²) < 4.78 is 41.7. The SMILES string of the molecule is CC(=O)N1c2ccc(S(=O)(=O)N[C@@H](C(=O)NCc3ccc(F)cc3)C(C)C)cc2C[C@H]1C. The van der Waals surface area contributed by atoms with Gasteiger partial charge >= 0.3 is 0 Å². The lowest BCUT2D eigenvalue weighted by Crippen LogP contribution is -2.49. The molecule has 0 spiro atoms. The highest BCUT2D eigenvalue weighted by molar-refractivity contribution is 7.89. The van der Waals surface area contributed by atoms with Crippen LogP contribution in [0.3, 0.4) is 0 Å². The summed E-state index contributed by atoms with van der Waals surface area (Å²) >= 11 is 0. The standard InChI is InChI=1S/C23H28FN3O4S/c1-14(2)22(23(29)25-13-17-5-7-19(24)8-6-17)26-32(30,31)20-9-10-21-18(12-20)11-15(3)27(21)16(4)28/h5-10,12,14-15,22,26H,11,13H2,1-4H3,(H,25,29)/t15-,22-/m1/s1. The molecule has 172 valence electrons. The summed E-state index contributed by atoms with van der Waals surface area (Å²) in [5, 5.41) is 2.71. The maximum absolute atomic E-state index is 13.0. The number of anilines is 1. The molecule has 2 aromatic carbocycles. The minimum Gasteiger partial charge on any atom is -0.351 e. The zero-order chi connectivity index (χ0) is 23.6. The molecule has 7 nitrogen and oxygen atoms in total. The topological polar surface area (TPSA) is 95.6 Å².